The molecular formula is C30H30Cl2Zr. The molecule has 0 aliphatic heterocycles. The second-order valence-corrected chi connectivity index (χ2v) is 8.89. The van der Waals surface area contributed by atoms with Gasteiger partial charge in [-0.15, -0.1) is 24.3 Å². The van der Waals surface area contributed by atoms with Crippen LogP contribution in [0.3, 0.4) is 0 Å². The van der Waals surface area contributed by atoms with E-state index < -0.39 is 0 Å². The maximum atomic E-state index is 2.45. The van der Waals surface area contributed by atoms with Crippen LogP contribution in [0.4, 0.5) is 0 Å². The average molecular weight is 553 g/mol. The predicted octanol–water partition coefficient (Wildman–Crippen LogP) is 1.77. The van der Waals surface area contributed by atoms with Crippen molar-refractivity contribution >= 4 is 0 Å². The third kappa shape index (κ3) is 6.82. The van der Waals surface area contributed by atoms with E-state index in [1.54, 1.807) is 11.1 Å². The first kappa shape index (κ1) is 27.8. The zero-order valence-electron chi connectivity index (χ0n) is 18.8. The summed E-state index contributed by atoms with van der Waals surface area (Å²) in [7, 11) is 0. The van der Waals surface area contributed by atoms with Crippen molar-refractivity contribution in [3.05, 3.63) is 132 Å². The Labute approximate surface area is 231 Å². The fraction of sp³-hybridized carbons (Fsp3) is 0.267. The zero-order chi connectivity index (χ0) is 20.2. The molecule has 3 heteroatoms. The number of hydrogen-bond donors (Lipinski definition) is 0. The minimum atomic E-state index is 0. The first-order valence-electron chi connectivity index (χ1n) is 11.4. The van der Waals surface area contributed by atoms with Gasteiger partial charge in [0.2, 0.25) is 0 Å². The Morgan fingerprint density at radius 1 is 0.576 bits per heavy atom. The van der Waals surface area contributed by atoms with Gasteiger partial charge in [0.15, 0.2) is 0 Å². The smallest absolute Gasteiger partial charge is 1.00 e. The average Bonchev–Trinajstić information content (AvgIpc) is 3.45. The van der Waals surface area contributed by atoms with Crippen molar-refractivity contribution in [1.29, 1.82) is 0 Å². The molecule has 4 aliphatic carbocycles. The Hall–Kier alpha value is -1.40. The number of rotatable bonds is 2. The summed E-state index contributed by atoms with van der Waals surface area (Å²) in [4.78, 5) is 0. The van der Waals surface area contributed by atoms with Crippen molar-refractivity contribution in [1.82, 2.24) is 0 Å². The molecule has 4 aliphatic rings. The molecule has 33 heavy (non-hydrogen) atoms. The van der Waals surface area contributed by atoms with Crippen molar-refractivity contribution in [3.8, 4) is 0 Å². The Bertz CT molecular complexity index is 893. The van der Waals surface area contributed by atoms with Crippen LogP contribution in [0.1, 0.15) is 48.6 Å². The number of hydrogen-bond acceptors (Lipinski definition) is 0. The standard InChI is InChI=1S/2C15H15.2ClH.Zr/c2*1-2-6-12(7-3-1)15-10-13-8-4-5-9-14(13)11-15;;;/h2*1-8,10,14-15H,9,11H2;2*1H;/q2*-1;;;+4/p-2. The topological polar surface area (TPSA) is 0 Å². The van der Waals surface area contributed by atoms with Gasteiger partial charge in [0, 0.05) is 0 Å². The molecule has 2 aromatic carbocycles. The molecule has 0 N–H and O–H groups in total. The van der Waals surface area contributed by atoms with Crippen molar-refractivity contribution in [2.45, 2.75) is 37.5 Å². The SMILES string of the molecule is C1=CCC2CC(c3ccccc3)[CH-]C2=C1.C1=CCC2CC(c3ccccc3)[CH-]C2=C1.[Cl-].[Cl-].[Zr+4]. The number of allylic oxidation sites excluding steroid dienone is 8. The molecule has 0 heterocycles. The molecule has 0 aromatic heterocycles. The van der Waals surface area contributed by atoms with E-state index in [0.29, 0.717) is 11.8 Å². The molecule has 0 radical (unpaired) electrons. The minimum absolute atomic E-state index is 0. The summed E-state index contributed by atoms with van der Waals surface area (Å²) in [6, 6.07) is 21.7. The molecule has 0 bridgehead atoms. The molecule has 6 rings (SSSR count). The maximum absolute atomic E-state index is 2.45. The van der Waals surface area contributed by atoms with Crippen LogP contribution in [-0.2, 0) is 26.2 Å². The van der Waals surface area contributed by atoms with Gasteiger partial charge in [-0.05, 0) is 24.7 Å². The van der Waals surface area contributed by atoms with Gasteiger partial charge in [-0.1, -0.05) is 96.5 Å². The minimum Gasteiger partial charge on any atom is -1.00 e. The van der Waals surface area contributed by atoms with Crippen LogP contribution in [0, 0.1) is 24.7 Å². The van der Waals surface area contributed by atoms with Gasteiger partial charge < -0.3 is 24.8 Å². The van der Waals surface area contributed by atoms with E-state index in [1.807, 2.05) is 0 Å². The van der Waals surface area contributed by atoms with Gasteiger partial charge in [-0.25, -0.2) is 36.1 Å². The summed E-state index contributed by atoms with van der Waals surface area (Å²) in [6.07, 6.45) is 23.4. The van der Waals surface area contributed by atoms with Crippen molar-refractivity contribution in [2.75, 3.05) is 0 Å². The third-order valence-electron chi connectivity index (χ3n) is 6.95. The molecule has 2 aromatic rings. The Morgan fingerprint density at radius 3 is 1.33 bits per heavy atom. The summed E-state index contributed by atoms with van der Waals surface area (Å²) in [5.41, 5.74) is 6.03. The summed E-state index contributed by atoms with van der Waals surface area (Å²) < 4.78 is 0. The molecule has 2 saturated carbocycles. The summed E-state index contributed by atoms with van der Waals surface area (Å²) in [6.45, 7) is 0. The second-order valence-electron chi connectivity index (χ2n) is 8.89. The van der Waals surface area contributed by atoms with Gasteiger partial charge >= 0.3 is 26.2 Å². The molecule has 4 atom stereocenters. The van der Waals surface area contributed by atoms with Gasteiger partial charge in [0.05, 0.1) is 0 Å². The second kappa shape index (κ2) is 13.5. The summed E-state index contributed by atoms with van der Waals surface area (Å²) in [5.74, 6) is 2.84. The van der Waals surface area contributed by atoms with Crippen LogP contribution in [-0.4, -0.2) is 0 Å². The predicted molar refractivity (Wildman–Crippen MR) is 127 cm³/mol. The monoisotopic (exact) mass is 550 g/mol. The van der Waals surface area contributed by atoms with Crippen LogP contribution in [0.15, 0.2) is 108 Å². The van der Waals surface area contributed by atoms with E-state index in [4.69, 9.17) is 0 Å². The van der Waals surface area contributed by atoms with Crippen molar-refractivity contribution in [2.24, 2.45) is 11.8 Å². The Morgan fingerprint density at radius 2 is 0.970 bits per heavy atom. The fourth-order valence-corrected chi connectivity index (χ4v) is 5.32. The molecule has 0 saturated heterocycles. The van der Waals surface area contributed by atoms with Crippen LogP contribution in [0.2, 0.25) is 0 Å². The molecule has 4 unspecified atom stereocenters. The number of fused-ring (bicyclic) bond motifs is 2. The maximum Gasteiger partial charge on any atom is 4.00 e. The normalized spacial score (nSPS) is 25.6. The molecule has 0 spiro atoms. The van der Waals surface area contributed by atoms with Gasteiger partial charge in [0.25, 0.3) is 0 Å². The number of benzene rings is 2. The van der Waals surface area contributed by atoms with Crippen LogP contribution in [0.25, 0.3) is 0 Å². The van der Waals surface area contributed by atoms with E-state index in [0.717, 1.165) is 11.8 Å². The van der Waals surface area contributed by atoms with E-state index in [2.05, 4.69) is 110 Å². The van der Waals surface area contributed by atoms with E-state index >= 15 is 0 Å². The zero-order valence-corrected chi connectivity index (χ0v) is 22.8. The quantitative estimate of drug-likeness (QED) is 0.499. The van der Waals surface area contributed by atoms with Crippen LogP contribution >= 0.6 is 0 Å². The molecule has 0 nitrogen and oxygen atoms in total. The first-order chi connectivity index (χ1) is 14.9. The van der Waals surface area contributed by atoms with E-state index in [1.165, 1.54) is 36.8 Å². The molecule has 168 valence electrons. The fourth-order valence-electron chi connectivity index (χ4n) is 5.32. The van der Waals surface area contributed by atoms with Gasteiger partial charge in [-0.2, -0.15) is 0 Å². The van der Waals surface area contributed by atoms with Gasteiger partial charge in [-0.3, -0.25) is 0 Å². The summed E-state index contributed by atoms with van der Waals surface area (Å²) in [5, 5.41) is 0. The van der Waals surface area contributed by atoms with E-state index in [9.17, 15) is 0 Å². The third-order valence-corrected chi connectivity index (χ3v) is 6.95. The Balaban J connectivity index is 0.000000214. The van der Waals surface area contributed by atoms with Crippen LogP contribution in [0.5, 0.6) is 0 Å². The van der Waals surface area contributed by atoms with Crippen molar-refractivity contribution < 1.29 is 51.0 Å². The molecule has 0 amide bonds. The molecular weight excluding hydrogens is 522 g/mol. The number of halogens is 2. The first-order valence-corrected chi connectivity index (χ1v) is 11.4. The van der Waals surface area contributed by atoms with Crippen molar-refractivity contribution in [3.63, 3.8) is 0 Å². The van der Waals surface area contributed by atoms with Gasteiger partial charge in [0.1, 0.15) is 0 Å². The summed E-state index contributed by atoms with van der Waals surface area (Å²) >= 11 is 0. The van der Waals surface area contributed by atoms with E-state index in [-0.39, 0.29) is 51.0 Å². The van der Waals surface area contributed by atoms with Crippen LogP contribution < -0.4 is 24.8 Å². The molecule has 2 fully saturated rings. The largest absolute Gasteiger partial charge is 4.00 e. The Kier molecular flexibility index (Phi) is 11.4.